The molecule has 1 aliphatic rings. The molecule has 1 atom stereocenters. The number of benzene rings is 1. The Morgan fingerprint density at radius 3 is 3.17 bits per heavy atom. The normalized spacial score (nSPS) is 18.8. The number of rotatable bonds is 6. The van der Waals surface area contributed by atoms with Gasteiger partial charge in [0.25, 0.3) is 0 Å². The zero-order valence-corrected chi connectivity index (χ0v) is 10.1. The summed E-state index contributed by atoms with van der Waals surface area (Å²) in [6, 6.07) is 6.92. The van der Waals surface area contributed by atoms with Crippen LogP contribution in [0.5, 0.6) is 5.75 Å². The molecule has 0 radical (unpaired) electrons. The number of aromatic carboxylic acids is 1. The maximum atomic E-state index is 10.8. The molecule has 0 aromatic heterocycles. The summed E-state index contributed by atoms with van der Waals surface area (Å²) in [5, 5.41) is 12.2. The number of hydrogen-bond acceptors (Lipinski definition) is 4. The summed E-state index contributed by atoms with van der Waals surface area (Å²) in [5.74, 6) is -0.360. The predicted molar refractivity (Wildman–Crippen MR) is 66.1 cm³/mol. The van der Waals surface area contributed by atoms with Gasteiger partial charge in [-0.15, -0.1) is 0 Å². The van der Waals surface area contributed by atoms with Crippen molar-refractivity contribution < 1.29 is 19.4 Å². The molecule has 0 spiro atoms. The molecule has 5 heteroatoms. The van der Waals surface area contributed by atoms with Crippen molar-refractivity contribution in [1.29, 1.82) is 0 Å². The first-order valence-electron chi connectivity index (χ1n) is 6.03. The van der Waals surface area contributed by atoms with Gasteiger partial charge in [0.2, 0.25) is 0 Å². The molecule has 0 saturated carbocycles. The topological polar surface area (TPSA) is 67.8 Å². The number of ether oxygens (including phenoxy) is 2. The molecular formula is C13H17NO4. The van der Waals surface area contributed by atoms with E-state index in [9.17, 15) is 4.79 Å². The van der Waals surface area contributed by atoms with Crippen LogP contribution < -0.4 is 10.1 Å². The van der Waals surface area contributed by atoms with Gasteiger partial charge in [0.15, 0.2) is 0 Å². The van der Waals surface area contributed by atoms with Crippen LogP contribution in [-0.4, -0.2) is 43.5 Å². The zero-order valence-electron chi connectivity index (χ0n) is 10.1. The number of carboxylic acid groups (broad SMARTS) is 1. The summed E-state index contributed by atoms with van der Waals surface area (Å²) < 4.78 is 10.7. The first-order chi connectivity index (χ1) is 8.75. The Labute approximate surface area is 106 Å². The minimum Gasteiger partial charge on any atom is -0.492 e. The first-order valence-corrected chi connectivity index (χ1v) is 6.03. The Balaban J connectivity index is 1.72. The second-order valence-corrected chi connectivity index (χ2v) is 4.20. The second kappa shape index (κ2) is 6.37. The lowest BCUT2D eigenvalue weighted by molar-refractivity contribution is 0.0696. The summed E-state index contributed by atoms with van der Waals surface area (Å²) in [7, 11) is 0. The molecule has 1 aliphatic heterocycles. The van der Waals surface area contributed by atoms with Gasteiger partial charge in [-0.05, 0) is 24.6 Å². The third kappa shape index (κ3) is 3.72. The number of carboxylic acids is 1. The molecule has 0 bridgehead atoms. The maximum Gasteiger partial charge on any atom is 0.335 e. The van der Waals surface area contributed by atoms with E-state index >= 15 is 0 Å². The van der Waals surface area contributed by atoms with Gasteiger partial charge in [-0.1, -0.05) is 6.07 Å². The highest BCUT2D eigenvalue weighted by Gasteiger charge is 2.13. The third-order valence-corrected chi connectivity index (χ3v) is 2.81. The van der Waals surface area contributed by atoms with Crippen LogP contribution in [0.3, 0.4) is 0 Å². The summed E-state index contributed by atoms with van der Waals surface area (Å²) >= 11 is 0. The number of hydrogen-bond donors (Lipinski definition) is 2. The monoisotopic (exact) mass is 251 g/mol. The Hall–Kier alpha value is -1.59. The first kappa shape index (κ1) is 12.9. The van der Waals surface area contributed by atoms with Crippen LogP contribution in [0, 0.1) is 0 Å². The minimum absolute atomic E-state index is 0.240. The van der Waals surface area contributed by atoms with E-state index in [1.807, 2.05) is 0 Å². The van der Waals surface area contributed by atoms with Crippen molar-refractivity contribution in [2.75, 3.05) is 26.4 Å². The molecule has 5 nitrogen and oxygen atoms in total. The van der Waals surface area contributed by atoms with E-state index in [4.69, 9.17) is 14.6 Å². The third-order valence-electron chi connectivity index (χ3n) is 2.81. The Bertz CT molecular complexity index is 402. The Kier molecular flexibility index (Phi) is 4.55. The largest absolute Gasteiger partial charge is 0.492 e. The second-order valence-electron chi connectivity index (χ2n) is 4.20. The molecule has 18 heavy (non-hydrogen) atoms. The summed E-state index contributed by atoms with van der Waals surface area (Å²) in [6.07, 6.45) is 1.04. The van der Waals surface area contributed by atoms with Crippen LogP contribution in [0.2, 0.25) is 0 Å². The van der Waals surface area contributed by atoms with Crippen molar-refractivity contribution in [3.63, 3.8) is 0 Å². The average molecular weight is 251 g/mol. The zero-order chi connectivity index (χ0) is 12.8. The van der Waals surface area contributed by atoms with E-state index in [0.717, 1.165) is 26.2 Å². The van der Waals surface area contributed by atoms with Gasteiger partial charge in [0, 0.05) is 19.2 Å². The standard InChI is InChI=1S/C13H17NO4/c15-13(16)10-2-1-3-12(8-10)18-7-5-14-11-4-6-17-9-11/h1-3,8,11,14H,4-7,9H2,(H,15,16)/t11-/m1/s1. The molecule has 2 rings (SSSR count). The summed E-state index contributed by atoms with van der Waals surface area (Å²) in [4.78, 5) is 10.8. The molecule has 1 aromatic carbocycles. The molecule has 0 amide bonds. The van der Waals surface area contributed by atoms with E-state index in [0.29, 0.717) is 18.4 Å². The van der Waals surface area contributed by atoms with Crippen LogP contribution in [0.4, 0.5) is 0 Å². The Morgan fingerprint density at radius 2 is 2.44 bits per heavy atom. The molecular weight excluding hydrogens is 234 g/mol. The summed E-state index contributed by atoms with van der Waals surface area (Å²) in [5.41, 5.74) is 0.240. The van der Waals surface area contributed by atoms with E-state index in [1.165, 1.54) is 6.07 Å². The smallest absolute Gasteiger partial charge is 0.335 e. The predicted octanol–water partition coefficient (Wildman–Crippen LogP) is 1.14. The molecule has 1 fully saturated rings. The van der Waals surface area contributed by atoms with E-state index in [-0.39, 0.29) is 5.56 Å². The van der Waals surface area contributed by atoms with Crippen molar-refractivity contribution in [3.8, 4) is 5.75 Å². The van der Waals surface area contributed by atoms with Gasteiger partial charge in [-0.3, -0.25) is 0 Å². The highest BCUT2D eigenvalue weighted by Crippen LogP contribution is 2.13. The highest BCUT2D eigenvalue weighted by molar-refractivity contribution is 5.87. The summed E-state index contributed by atoms with van der Waals surface area (Å²) in [6.45, 7) is 2.82. The van der Waals surface area contributed by atoms with Crippen molar-refractivity contribution in [1.82, 2.24) is 5.32 Å². The lowest BCUT2D eigenvalue weighted by atomic mass is 10.2. The quantitative estimate of drug-likeness (QED) is 0.742. The van der Waals surface area contributed by atoms with Crippen LogP contribution in [0.25, 0.3) is 0 Å². The molecule has 2 N–H and O–H groups in total. The maximum absolute atomic E-state index is 10.8. The van der Waals surface area contributed by atoms with Gasteiger partial charge >= 0.3 is 5.97 Å². The van der Waals surface area contributed by atoms with E-state index in [2.05, 4.69) is 5.32 Å². The van der Waals surface area contributed by atoms with Crippen LogP contribution in [-0.2, 0) is 4.74 Å². The van der Waals surface area contributed by atoms with Crippen LogP contribution in [0.15, 0.2) is 24.3 Å². The SMILES string of the molecule is O=C(O)c1cccc(OCCN[C@@H]2CCOC2)c1. The van der Waals surface area contributed by atoms with E-state index in [1.54, 1.807) is 18.2 Å². The van der Waals surface area contributed by atoms with Gasteiger partial charge in [0.1, 0.15) is 12.4 Å². The fraction of sp³-hybridized carbons (Fsp3) is 0.462. The van der Waals surface area contributed by atoms with Crippen molar-refractivity contribution in [3.05, 3.63) is 29.8 Å². The average Bonchev–Trinajstić information content (AvgIpc) is 2.88. The van der Waals surface area contributed by atoms with Gasteiger partial charge < -0.3 is 19.9 Å². The lowest BCUT2D eigenvalue weighted by Crippen LogP contribution is -2.32. The van der Waals surface area contributed by atoms with E-state index < -0.39 is 5.97 Å². The van der Waals surface area contributed by atoms with Gasteiger partial charge in [0.05, 0.1) is 12.2 Å². The minimum atomic E-state index is -0.943. The number of carbonyl (C=O) groups is 1. The van der Waals surface area contributed by atoms with Gasteiger partial charge in [-0.2, -0.15) is 0 Å². The van der Waals surface area contributed by atoms with Crippen LogP contribution in [0.1, 0.15) is 16.8 Å². The molecule has 98 valence electrons. The lowest BCUT2D eigenvalue weighted by Gasteiger charge is -2.11. The fourth-order valence-electron chi connectivity index (χ4n) is 1.85. The van der Waals surface area contributed by atoms with Crippen molar-refractivity contribution in [2.45, 2.75) is 12.5 Å². The van der Waals surface area contributed by atoms with Crippen molar-refractivity contribution in [2.24, 2.45) is 0 Å². The molecule has 1 aromatic rings. The molecule has 0 aliphatic carbocycles. The molecule has 0 unspecified atom stereocenters. The van der Waals surface area contributed by atoms with Crippen molar-refractivity contribution >= 4 is 5.97 Å². The van der Waals surface area contributed by atoms with Gasteiger partial charge in [-0.25, -0.2) is 4.79 Å². The fourth-order valence-corrected chi connectivity index (χ4v) is 1.85. The highest BCUT2D eigenvalue weighted by atomic mass is 16.5. The molecule has 1 heterocycles. The molecule has 1 saturated heterocycles. The Morgan fingerprint density at radius 1 is 1.56 bits per heavy atom. The van der Waals surface area contributed by atoms with Crippen LogP contribution >= 0.6 is 0 Å². The number of nitrogens with one attached hydrogen (secondary N) is 1.